The first-order valence-electron chi connectivity index (χ1n) is 10.0. The number of hydrazone groups is 1. The van der Waals surface area contributed by atoms with Gasteiger partial charge in [0.15, 0.2) is 0 Å². The molecule has 0 aliphatic carbocycles. The molecule has 0 radical (unpaired) electrons. The van der Waals surface area contributed by atoms with Gasteiger partial charge in [0.25, 0.3) is 5.91 Å². The number of nitrogens with zero attached hydrogens (tertiary/aromatic N) is 3. The number of aromatic nitrogens is 1. The average molecular weight is 429 g/mol. The Morgan fingerprint density at radius 1 is 1.03 bits per heavy atom. The first-order chi connectivity index (χ1) is 15.2. The zero-order valence-corrected chi connectivity index (χ0v) is 17.5. The summed E-state index contributed by atoms with van der Waals surface area (Å²) in [5.41, 5.74) is 4.22. The average Bonchev–Trinajstić information content (AvgIpc) is 3.36. The van der Waals surface area contributed by atoms with Crippen molar-refractivity contribution in [2.45, 2.75) is 13.1 Å². The normalized spacial score (nSPS) is 13.6. The molecule has 2 aromatic heterocycles. The molecule has 2 aromatic carbocycles. The zero-order chi connectivity index (χ0) is 21.2. The van der Waals surface area contributed by atoms with E-state index in [0.29, 0.717) is 18.8 Å². The smallest absolute Gasteiger partial charge is 0.291 e. The Morgan fingerprint density at radius 2 is 1.77 bits per heavy atom. The van der Waals surface area contributed by atoms with Crippen LogP contribution in [0.4, 0.5) is 0 Å². The molecule has 4 aromatic rings. The molecule has 0 spiro atoms. The molecule has 1 aliphatic rings. The van der Waals surface area contributed by atoms with Crippen LogP contribution in [-0.2, 0) is 17.9 Å². The van der Waals surface area contributed by atoms with Crippen LogP contribution in [0.15, 0.2) is 83.3 Å². The molecule has 1 aliphatic heterocycles. The third-order valence-electron chi connectivity index (χ3n) is 5.26. The second-order valence-electron chi connectivity index (χ2n) is 7.32. The van der Waals surface area contributed by atoms with Crippen molar-refractivity contribution in [1.29, 1.82) is 0 Å². The highest BCUT2D eigenvalue weighted by atomic mass is 32.1. The molecule has 1 N–H and O–H groups in total. The fourth-order valence-electron chi connectivity index (χ4n) is 3.70. The lowest BCUT2D eigenvalue weighted by molar-refractivity contribution is -0.121. The molecule has 154 valence electrons. The number of hydrogen-bond acceptors (Lipinski definition) is 4. The topological polar surface area (TPSA) is 66.7 Å². The predicted molar refractivity (Wildman–Crippen MR) is 122 cm³/mol. The van der Waals surface area contributed by atoms with Crippen LogP contribution in [-0.4, -0.2) is 33.6 Å². The highest BCUT2D eigenvalue weighted by molar-refractivity contribution is 7.17. The van der Waals surface area contributed by atoms with Gasteiger partial charge in [0.2, 0.25) is 5.91 Å². The van der Waals surface area contributed by atoms with E-state index in [1.54, 1.807) is 11.3 Å². The first kappa shape index (κ1) is 19.3. The van der Waals surface area contributed by atoms with E-state index in [4.69, 9.17) is 0 Å². The Bertz CT molecular complexity index is 1270. The Morgan fingerprint density at radius 3 is 2.55 bits per heavy atom. The van der Waals surface area contributed by atoms with Crippen LogP contribution in [0.3, 0.4) is 0 Å². The Hall–Kier alpha value is -3.71. The van der Waals surface area contributed by atoms with Crippen LogP contribution >= 0.6 is 11.3 Å². The predicted octanol–water partition coefficient (Wildman–Crippen LogP) is 3.88. The summed E-state index contributed by atoms with van der Waals surface area (Å²) < 4.78 is 3.04. The van der Waals surface area contributed by atoms with Gasteiger partial charge in [-0.3, -0.25) is 9.59 Å². The number of carbonyl (C=O) groups is 2. The summed E-state index contributed by atoms with van der Waals surface area (Å²) in [6.45, 7) is 0.733. The standard InChI is InChI=1S/C24H20N4O2S/c29-23(25-14-17-7-3-1-4-8-17)16-28-24(30)21-13-22-20(11-12-31-22)27(21)15-19(26-28)18-9-5-2-6-10-18/h1-13H,14-16H2,(H,25,29). The lowest BCUT2D eigenvalue weighted by atomic mass is 10.1. The van der Waals surface area contributed by atoms with Gasteiger partial charge >= 0.3 is 0 Å². The van der Waals surface area contributed by atoms with Crippen LogP contribution in [0, 0.1) is 0 Å². The number of nitrogens with one attached hydrogen (secondary N) is 1. The number of thiophene rings is 1. The van der Waals surface area contributed by atoms with Crippen molar-refractivity contribution < 1.29 is 9.59 Å². The van der Waals surface area contributed by atoms with Crippen molar-refractivity contribution in [2.75, 3.05) is 6.54 Å². The molecular weight excluding hydrogens is 408 g/mol. The minimum absolute atomic E-state index is 0.138. The van der Waals surface area contributed by atoms with E-state index in [0.717, 1.165) is 27.1 Å². The van der Waals surface area contributed by atoms with Crippen molar-refractivity contribution in [2.24, 2.45) is 5.10 Å². The highest BCUT2D eigenvalue weighted by Gasteiger charge is 2.28. The summed E-state index contributed by atoms with van der Waals surface area (Å²) in [5.74, 6) is -0.528. The van der Waals surface area contributed by atoms with E-state index in [-0.39, 0.29) is 18.4 Å². The molecule has 6 nitrogen and oxygen atoms in total. The van der Waals surface area contributed by atoms with Crippen LogP contribution in [0.1, 0.15) is 21.6 Å². The van der Waals surface area contributed by atoms with Crippen molar-refractivity contribution in [3.63, 3.8) is 0 Å². The summed E-state index contributed by atoms with van der Waals surface area (Å²) in [5, 5.41) is 10.8. The van der Waals surface area contributed by atoms with Crippen LogP contribution in [0.2, 0.25) is 0 Å². The molecule has 0 bridgehead atoms. The third-order valence-corrected chi connectivity index (χ3v) is 6.11. The monoisotopic (exact) mass is 428 g/mol. The second-order valence-corrected chi connectivity index (χ2v) is 8.27. The Kier molecular flexibility index (Phi) is 5.09. The third kappa shape index (κ3) is 3.87. The molecule has 7 heteroatoms. The molecule has 0 fully saturated rings. The molecule has 0 saturated heterocycles. The number of benzene rings is 2. The van der Waals surface area contributed by atoms with Gasteiger partial charge in [-0.05, 0) is 28.6 Å². The van der Waals surface area contributed by atoms with Crippen molar-refractivity contribution in [1.82, 2.24) is 14.9 Å². The number of carbonyl (C=O) groups excluding carboxylic acids is 2. The van der Waals surface area contributed by atoms with Gasteiger partial charge in [-0.15, -0.1) is 11.3 Å². The molecule has 5 rings (SSSR count). The quantitative estimate of drug-likeness (QED) is 0.524. The van der Waals surface area contributed by atoms with E-state index in [2.05, 4.69) is 10.4 Å². The Labute approximate surface area is 183 Å². The summed E-state index contributed by atoms with van der Waals surface area (Å²) >= 11 is 1.60. The van der Waals surface area contributed by atoms with Crippen molar-refractivity contribution in [3.8, 4) is 0 Å². The Balaban J connectivity index is 1.45. The van der Waals surface area contributed by atoms with Crippen molar-refractivity contribution in [3.05, 3.63) is 95.0 Å². The maximum atomic E-state index is 13.3. The number of rotatable bonds is 5. The zero-order valence-electron chi connectivity index (χ0n) is 16.7. The maximum absolute atomic E-state index is 13.3. The maximum Gasteiger partial charge on any atom is 0.291 e. The van der Waals surface area contributed by atoms with Gasteiger partial charge in [-0.25, -0.2) is 5.01 Å². The molecule has 3 heterocycles. The summed E-state index contributed by atoms with van der Waals surface area (Å²) in [4.78, 5) is 26.0. The number of amides is 2. The SMILES string of the molecule is O=C(CN1N=C(c2ccccc2)Cn2c(cc3sccc32)C1=O)NCc1ccccc1. The minimum Gasteiger partial charge on any atom is -0.350 e. The molecule has 0 atom stereocenters. The van der Waals surface area contributed by atoms with Gasteiger partial charge in [0.05, 0.1) is 22.5 Å². The van der Waals surface area contributed by atoms with Gasteiger partial charge in [-0.1, -0.05) is 60.7 Å². The van der Waals surface area contributed by atoms with E-state index in [1.165, 1.54) is 5.01 Å². The summed E-state index contributed by atoms with van der Waals surface area (Å²) in [7, 11) is 0. The number of hydrogen-bond donors (Lipinski definition) is 1. The van der Waals surface area contributed by atoms with Gasteiger partial charge < -0.3 is 9.88 Å². The van der Waals surface area contributed by atoms with E-state index in [9.17, 15) is 9.59 Å². The van der Waals surface area contributed by atoms with Crippen LogP contribution in [0.5, 0.6) is 0 Å². The van der Waals surface area contributed by atoms with E-state index < -0.39 is 0 Å². The van der Waals surface area contributed by atoms with Crippen molar-refractivity contribution >= 4 is 39.1 Å². The molecule has 0 saturated carbocycles. The summed E-state index contributed by atoms with van der Waals surface area (Å²) in [6.07, 6.45) is 0. The lowest BCUT2D eigenvalue weighted by Gasteiger charge is -2.16. The molecule has 2 amide bonds. The van der Waals surface area contributed by atoms with Gasteiger partial charge in [0.1, 0.15) is 12.2 Å². The van der Waals surface area contributed by atoms with E-state index in [1.807, 2.05) is 82.7 Å². The van der Waals surface area contributed by atoms with Crippen LogP contribution < -0.4 is 5.32 Å². The van der Waals surface area contributed by atoms with Crippen LogP contribution in [0.25, 0.3) is 10.2 Å². The fourth-order valence-corrected chi connectivity index (χ4v) is 4.53. The van der Waals surface area contributed by atoms with Gasteiger partial charge in [0, 0.05) is 6.54 Å². The highest BCUT2D eigenvalue weighted by Crippen LogP contribution is 2.28. The van der Waals surface area contributed by atoms with Gasteiger partial charge in [-0.2, -0.15) is 5.10 Å². The molecule has 31 heavy (non-hydrogen) atoms. The second kappa shape index (κ2) is 8.20. The number of fused-ring (bicyclic) bond motifs is 3. The first-order valence-corrected chi connectivity index (χ1v) is 10.9. The fraction of sp³-hybridized carbons (Fsp3) is 0.125. The minimum atomic E-state index is -0.274. The molecule has 0 unspecified atom stereocenters. The molecular formula is C24H20N4O2S. The summed E-state index contributed by atoms with van der Waals surface area (Å²) in [6, 6.07) is 23.3. The lowest BCUT2D eigenvalue weighted by Crippen LogP contribution is -2.37. The largest absolute Gasteiger partial charge is 0.350 e. The van der Waals surface area contributed by atoms with E-state index >= 15 is 0 Å².